The molecule has 0 spiro atoms. The van der Waals surface area contributed by atoms with E-state index in [1.54, 1.807) is 12.1 Å². The van der Waals surface area contributed by atoms with Gasteiger partial charge in [-0.15, -0.1) is 0 Å². The number of ether oxygens (including phenoxy) is 1. The predicted molar refractivity (Wildman–Crippen MR) is 82.1 cm³/mol. The summed E-state index contributed by atoms with van der Waals surface area (Å²) in [6.45, 7) is 8.40. The maximum Gasteiger partial charge on any atom is 0.162 e. The standard InChI is InChI=1S/C17H25NO2/c1-11-7-14(10-17(3,4)9-11)20-13-5-6-16(18)15(8-13)12(2)19/h5-6,8,11,14H,7,9-10,18H2,1-4H3. The highest BCUT2D eigenvalue weighted by atomic mass is 16.5. The lowest BCUT2D eigenvalue weighted by molar-refractivity contribution is 0.0561. The Kier molecular flexibility index (Phi) is 4.07. The highest BCUT2D eigenvalue weighted by Gasteiger charge is 2.33. The fourth-order valence-electron chi connectivity index (χ4n) is 3.45. The van der Waals surface area contributed by atoms with Gasteiger partial charge in [-0.05, 0) is 55.7 Å². The van der Waals surface area contributed by atoms with Crippen LogP contribution in [0.5, 0.6) is 5.75 Å². The van der Waals surface area contributed by atoms with Crippen molar-refractivity contribution in [3.63, 3.8) is 0 Å². The Hall–Kier alpha value is -1.51. The Morgan fingerprint density at radius 2 is 2.05 bits per heavy atom. The molecule has 1 aliphatic carbocycles. The first-order valence-electron chi connectivity index (χ1n) is 7.34. The van der Waals surface area contributed by atoms with Crippen LogP contribution in [0.25, 0.3) is 0 Å². The molecule has 0 bridgehead atoms. The lowest BCUT2D eigenvalue weighted by Gasteiger charge is -2.38. The zero-order chi connectivity index (χ0) is 14.9. The Balaban J connectivity index is 2.14. The molecular weight excluding hydrogens is 250 g/mol. The van der Waals surface area contributed by atoms with Gasteiger partial charge in [-0.3, -0.25) is 4.79 Å². The third-order valence-corrected chi connectivity index (χ3v) is 4.05. The van der Waals surface area contributed by atoms with Crippen molar-refractivity contribution in [1.82, 2.24) is 0 Å². The summed E-state index contributed by atoms with van der Waals surface area (Å²) in [6.07, 6.45) is 3.59. The van der Waals surface area contributed by atoms with Crippen LogP contribution in [0.4, 0.5) is 5.69 Å². The summed E-state index contributed by atoms with van der Waals surface area (Å²) in [7, 11) is 0. The second kappa shape index (κ2) is 5.47. The van der Waals surface area contributed by atoms with Crippen LogP contribution in [0.3, 0.4) is 0 Å². The molecule has 1 fully saturated rings. The van der Waals surface area contributed by atoms with E-state index in [0.717, 1.165) is 18.6 Å². The van der Waals surface area contributed by atoms with Crippen molar-refractivity contribution in [3.05, 3.63) is 23.8 Å². The van der Waals surface area contributed by atoms with E-state index in [4.69, 9.17) is 10.5 Å². The molecular formula is C17H25NO2. The zero-order valence-corrected chi connectivity index (χ0v) is 12.9. The van der Waals surface area contributed by atoms with Crippen molar-refractivity contribution in [3.8, 4) is 5.75 Å². The first-order chi connectivity index (χ1) is 9.27. The van der Waals surface area contributed by atoms with E-state index in [2.05, 4.69) is 20.8 Å². The highest BCUT2D eigenvalue weighted by Crippen LogP contribution is 2.40. The summed E-state index contributed by atoms with van der Waals surface area (Å²) in [5, 5.41) is 0. The smallest absolute Gasteiger partial charge is 0.162 e. The number of nitrogen functional groups attached to an aromatic ring is 1. The minimum atomic E-state index is -0.0229. The van der Waals surface area contributed by atoms with Gasteiger partial charge in [0.15, 0.2) is 5.78 Å². The average molecular weight is 275 g/mol. The van der Waals surface area contributed by atoms with E-state index in [1.165, 1.54) is 13.3 Å². The third kappa shape index (κ3) is 3.53. The van der Waals surface area contributed by atoms with Gasteiger partial charge in [0.05, 0.1) is 6.10 Å². The maximum absolute atomic E-state index is 11.5. The molecule has 3 heteroatoms. The fourth-order valence-corrected chi connectivity index (χ4v) is 3.45. The van der Waals surface area contributed by atoms with Crippen molar-refractivity contribution in [1.29, 1.82) is 0 Å². The molecule has 2 unspecified atom stereocenters. The number of benzene rings is 1. The van der Waals surface area contributed by atoms with Crippen LogP contribution in [0.15, 0.2) is 18.2 Å². The Morgan fingerprint density at radius 1 is 1.35 bits per heavy atom. The summed E-state index contributed by atoms with van der Waals surface area (Å²) in [5.41, 5.74) is 7.19. The number of nitrogens with two attached hydrogens (primary N) is 1. The van der Waals surface area contributed by atoms with E-state index in [9.17, 15) is 4.79 Å². The molecule has 2 N–H and O–H groups in total. The van der Waals surface area contributed by atoms with Crippen LogP contribution >= 0.6 is 0 Å². The van der Waals surface area contributed by atoms with Gasteiger partial charge in [0.2, 0.25) is 0 Å². The zero-order valence-electron chi connectivity index (χ0n) is 12.9. The van der Waals surface area contributed by atoms with Gasteiger partial charge in [-0.2, -0.15) is 0 Å². The van der Waals surface area contributed by atoms with Crippen LogP contribution in [-0.2, 0) is 0 Å². The molecule has 0 saturated heterocycles. The Labute approximate surface area is 121 Å². The first-order valence-corrected chi connectivity index (χ1v) is 7.34. The van der Waals surface area contributed by atoms with E-state index in [1.807, 2.05) is 6.07 Å². The summed E-state index contributed by atoms with van der Waals surface area (Å²) in [6, 6.07) is 5.38. The molecule has 1 aromatic rings. The summed E-state index contributed by atoms with van der Waals surface area (Å²) in [4.78, 5) is 11.5. The number of hydrogen-bond donors (Lipinski definition) is 1. The monoisotopic (exact) mass is 275 g/mol. The van der Waals surface area contributed by atoms with Crippen LogP contribution in [0.2, 0.25) is 0 Å². The van der Waals surface area contributed by atoms with Gasteiger partial charge in [0, 0.05) is 11.3 Å². The van der Waals surface area contributed by atoms with E-state index in [0.29, 0.717) is 22.6 Å². The van der Waals surface area contributed by atoms with Gasteiger partial charge >= 0.3 is 0 Å². The van der Waals surface area contributed by atoms with Gasteiger partial charge in [-0.1, -0.05) is 20.8 Å². The topological polar surface area (TPSA) is 52.3 Å². The number of Topliss-reactive ketones (excluding diaryl/α,β-unsaturated/α-hetero) is 1. The van der Waals surface area contributed by atoms with E-state index >= 15 is 0 Å². The maximum atomic E-state index is 11.5. The Morgan fingerprint density at radius 3 is 2.65 bits per heavy atom. The van der Waals surface area contributed by atoms with Gasteiger partial charge in [-0.25, -0.2) is 0 Å². The lowest BCUT2D eigenvalue weighted by Crippen LogP contribution is -2.34. The molecule has 110 valence electrons. The van der Waals surface area contributed by atoms with E-state index in [-0.39, 0.29) is 11.9 Å². The fraction of sp³-hybridized carbons (Fsp3) is 0.588. The lowest BCUT2D eigenvalue weighted by atomic mass is 9.71. The molecule has 2 rings (SSSR count). The molecule has 0 radical (unpaired) electrons. The molecule has 3 nitrogen and oxygen atoms in total. The van der Waals surface area contributed by atoms with Crippen molar-refractivity contribution >= 4 is 11.5 Å². The SMILES string of the molecule is CC(=O)c1cc(OC2CC(C)CC(C)(C)C2)ccc1N. The second-order valence-electron chi connectivity index (χ2n) is 6.96. The number of carbonyl (C=O) groups excluding carboxylic acids is 1. The molecule has 0 heterocycles. The minimum Gasteiger partial charge on any atom is -0.490 e. The molecule has 20 heavy (non-hydrogen) atoms. The van der Waals surface area contributed by atoms with Crippen LogP contribution < -0.4 is 10.5 Å². The summed E-state index contributed by atoms with van der Waals surface area (Å²) < 4.78 is 6.10. The predicted octanol–water partition coefficient (Wildman–Crippen LogP) is 4.07. The largest absolute Gasteiger partial charge is 0.490 e. The number of hydrogen-bond acceptors (Lipinski definition) is 3. The molecule has 1 aromatic carbocycles. The molecule has 0 aliphatic heterocycles. The highest BCUT2D eigenvalue weighted by molar-refractivity contribution is 5.99. The number of rotatable bonds is 3. The second-order valence-corrected chi connectivity index (χ2v) is 6.96. The third-order valence-electron chi connectivity index (χ3n) is 4.05. The van der Waals surface area contributed by atoms with Gasteiger partial charge in [0.1, 0.15) is 5.75 Å². The van der Waals surface area contributed by atoms with Crippen LogP contribution in [-0.4, -0.2) is 11.9 Å². The molecule has 0 aromatic heterocycles. The van der Waals surface area contributed by atoms with Crippen LogP contribution in [0.1, 0.15) is 57.3 Å². The van der Waals surface area contributed by atoms with Crippen LogP contribution in [0, 0.1) is 11.3 Å². The normalized spacial score (nSPS) is 25.2. The van der Waals surface area contributed by atoms with E-state index < -0.39 is 0 Å². The number of ketones is 1. The van der Waals surface area contributed by atoms with Gasteiger partial charge in [0.25, 0.3) is 0 Å². The average Bonchev–Trinajstić information content (AvgIpc) is 2.28. The first kappa shape index (κ1) is 14.9. The number of carbonyl (C=O) groups is 1. The quantitative estimate of drug-likeness (QED) is 0.668. The molecule has 1 saturated carbocycles. The summed E-state index contributed by atoms with van der Waals surface area (Å²) in [5.74, 6) is 1.40. The van der Waals surface area contributed by atoms with Gasteiger partial charge < -0.3 is 10.5 Å². The molecule has 2 atom stereocenters. The molecule has 1 aliphatic rings. The van der Waals surface area contributed by atoms with Crippen molar-refractivity contribution in [2.45, 2.75) is 53.1 Å². The Bertz CT molecular complexity index is 508. The number of anilines is 1. The minimum absolute atomic E-state index is 0.0229. The summed E-state index contributed by atoms with van der Waals surface area (Å²) >= 11 is 0. The molecule has 0 amide bonds. The van der Waals surface area contributed by atoms with Crippen molar-refractivity contribution in [2.75, 3.05) is 5.73 Å². The van der Waals surface area contributed by atoms with Crippen molar-refractivity contribution in [2.24, 2.45) is 11.3 Å². The van der Waals surface area contributed by atoms with Crippen molar-refractivity contribution < 1.29 is 9.53 Å².